The highest BCUT2D eigenvalue weighted by Crippen LogP contribution is 2.40. The van der Waals surface area contributed by atoms with E-state index in [1.807, 2.05) is 36.6 Å². The lowest BCUT2D eigenvalue weighted by Crippen LogP contribution is -2.47. The molecule has 2 heterocycles. The second-order valence-corrected chi connectivity index (χ2v) is 7.66. The summed E-state index contributed by atoms with van der Waals surface area (Å²) in [6.07, 6.45) is 0.239. The molecule has 0 fully saturated rings. The number of benzene rings is 2. The third-order valence-electron chi connectivity index (χ3n) is 4.88. The smallest absolute Gasteiger partial charge is 0.231 e. The van der Waals surface area contributed by atoms with Gasteiger partial charge in [0.05, 0.1) is 12.0 Å². The van der Waals surface area contributed by atoms with Gasteiger partial charge < -0.3 is 5.73 Å². The van der Waals surface area contributed by atoms with Gasteiger partial charge in [-0.3, -0.25) is 9.69 Å². The van der Waals surface area contributed by atoms with Crippen LogP contribution >= 0.6 is 11.3 Å². The first-order valence-corrected chi connectivity index (χ1v) is 9.15. The van der Waals surface area contributed by atoms with Crippen LogP contribution in [-0.2, 0) is 10.3 Å². The highest BCUT2D eigenvalue weighted by molar-refractivity contribution is 7.17. The van der Waals surface area contributed by atoms with Gasteiger partial charge in [0.25, 0.3) is 0 Å². The van der Waals surface area contributed by atoms with Crippen LogP contribution < -0.4 is 5.73 Å². The Hall–Kier alpha value is -2.73. The molecule has 0 saturated heterocycles. The number of nitrogens with zero attached hydrogens (tertiary/aromatic N) is 2. The second kappa shape index (κ2) is 5.92. The highest BCUT2D eigenvalue weighted by Gasteiger charge is 2.36. The van der Waals surface area contributed by atoms with E-state index in [4.69, 9.17) is 5.73 Å². The predicted molar refractivity (Wildman–Crippen MR) is 104 cm³/mol. The standard InChI is InChI=1S/C20H18FN3OS/c1-20(11-17(25)24(2)19(22)23-20)14-8-13-6-7-26-18(13)16(10-14)12-4-3-5-15(21)9-12/h3-10H,11H2,1-2H3,(H2,22,23)/t20-/m0/s1. The average Bonchev–Trinajstić information content (AvgIpc) is 3.07. The zero-order chi connectivity index (χ0) is 18.5. The Labute approximate surface area is 154 Å². The zero-order valence-corrected chi connectivity index (χ0v) is 15.3. The van der Waals surface area contributed by atoms with Crippen molar-refractivity contribution in [3.63, 3.8) is 0 Å². The average molecular weight is 367 g/mol. The molecule has 1 atom stereocenters. The Morgan fingerprint density at radius 2 is 2.08 bits per heavy atom. The number of nitrogens with two attached hydrogens (primary N) is 1. The second-order valence-electron chi connectivity index (χ2n) is 6.75. The van der Waals surface area contributed by atoms with Crippen LogP contribution in [0.3, 0.4) is 0 Å². The lowest BCUT2D eigenvalue weighted by molar-refractivity contribution is -0.128. The van der Waals surface area contributed by atoms with E-state index >= 15 is 0 Å². The normalized spacial score (nSPS) is 20.5. The Kier molecular flexibility index (Phi) is 3.80. The zero-order valence-electron chi connectivity index (χ0n) is 14.5. The first-order valence-electron chi connectivity index (χ1n) is 8.27. The molecule has 0 saturated carbocycles. The molecular weight excluding hydrogens is 349 g/mol. The van der Waals surface area contributed by atoms with Crippen molar-refractivity contribution in [2.24, 2.45) is 10.7 Å². The van der Waals surface area contributed by atoms with Crippen molar-refractivity contribution in [3.05, 3.63) is 59.2 Å². The SMILES string of the molecule is CN1C(=O)C[C@@](C)(c2cc(-c3cccc(F)c3)c3sccc3c2)N=C1N. The van der Waals surface area contributed by atoms with Crippen LogP contribution in [0.15, 0.2) is 52.8 Å². The van der Waals surface area contributed by atoms with Crippen molar-refractivity contribution in [3.8, 4) is 11.1 Å². The molecule has 1 aliphatic heterocycles. The van der Waals surface area contributed by atoms with Gasteiger partial charge in [-0.05, 0) is 64.7 Å². The number of fused-ring (bicyclic) bond motifs is 1. The minimum absolute atomic E-state index is 0.0716. The third kappa shape index (κ3) is 2.66. The summed E-state index contributed by atoms with van der Waals surface area (Å²) < 4.78 is 14.9. The van der Waals surface area contributed by atoms with Crippen LogP contribution in [-0.4, -0.2) is 23.8 Å². The Morgan fingerprint density at radius 1 is 1.27 bits per heavy atom. The summed E-state index contributed by atoms with van der Waals surface area (Å²) in [7, 11) is 1.63. The summed E-state index contributed by atoms with van der Waals surface area (Å²) in [5.41, 5.74) is 7.85. The number of guanidine groups is 1. The molecule has 1 amide bonds. The molecule has 26 heavy (non-hydrogen) atoms. The molecule has 0 bridgehead atoms. The van der Waals surface area contributed by atoms with Crippen LogP contribution in [0.25, 0.3) is 21.2 Å². The van der Waals surface area contributed by atoms with Gasteiger partial charge in [-0.15, -0.1) is 11.3 Å². The molecule has 4 nitrogen and oxygen atoms in total. The summed E-state index contributed by atoms with van der Waals surface area (Å²) >= 11 is 1.61. The topological polar surface area (TPSA) is 58.7 Å². The highest BCUT2D eigenvalue weighted by atomic mass is 32.1. The maximum Gasteiger partial charge on any atom is 0.231 e. The molecule has 1 aliphatic rings. The maximum absolute atomic E-state index is 13.8. The number of rotatable bonds is 2. The molecule has 3 aromatic rings. The fourth-order valence-electron chi connectivity index (χ4n) is 3.34. The minimum Gasteiger partial charge on any atom is -0.369 e. The number of hydrogen-bond acceptors (Lipinski definition) is 4. The van der Waals surface area contributed by atoms with Gasteiger partial charge in [0.2, 0.25) is 5.91 Å². The van der Waals surface area contributed by atoms with Gasteiger partial charge >= 0.3 is 0 Å². The van der Waals surface area contributed by atoms with Gasteiger partial charge in [0, 0.05) is 11.7 Å². The molecular formula is C20H18FN3OS. The number of amides is 1. The van der Waals surface area contributed by atoms with Crippen molar-refractivity contribution in [2.45, 2.75) is 18.9 Å². The van der Waals surface area contributed by atoms with Crippen molar-refractivity contribution >= 4 is 33.3 Å². The number of carbonyl (C=O) groups excluding carboxylic acids is 1. The first-order chi connectivity index (χ1) is 12.4. The van der Waals surface area contributed by atoms with Crippen LogP contribution in [0.2, 0.25) is 0 Å². The molecule has 1 aromatic heterocycles. The van der Waals surface area contributed by atoms with Crippen LogP contribution in [0.4, 0.5) is 4.39 Å². The van der Waals surface area contributed by atoms with Gasteiger partial charge in [-0.25, -0.2) is 9.38 Å². The van der Waals surface area contributed by atoms with E-state index in [1.54, 1.807) is 24.5 Å². The Morgan fingerprint density at radius 3 is 2.81 bits per heavy atom. The summed E-state index contributed by atoms with van der Waals surface area (Å²) in [5, 5.41) is 3.06. The molecule has 2 N–H and O–H groups in total. The number of halogens is 1. The molecule has 0 unspecified atom stereocenters. The van der Waals surface area contributed by atoms with E-state index < -0.39 is 5.54 Å². The van der Waals surface area contributed by atoms with Crippen molar-refractivity contribution in [2.75, 3.05) is 7.05 Å². The molecule has 0 aliphatic carbocycles. The molecule has 4 rings (SSSR count). The van der Waals surface area contributed by atoms with Crippen molar-refractivity contribution in [1.29, 1.82) is 0 Å². The molecule has 6 heteroatoms. The fraction of sp³-hybridized carbons (Fsp3) is 0.200. The van der Waals surface area contributed by atoms with E-state index in [2.05, 4.69) is 4.99 Å². The first kappa shape index (κ1) is 16.7. The van der Waals surface area contributed by atoms with Crippen molar-refractivity contribution in [1.82, 2.24) is 4.90 Å². The van der Waals surface area contributed by atoms with E-state index in [-0.39, 0.29) is 24.1 Å². The van der Waals surface area contributed by atoms with E-state index in [1.165, 1.54) is 17.0 Å². The van der Waals surface area contributed by atoms with Crippen LogP contribution in [0.5, 0.6) is 0 Å². The fourth-order valence-corrected chi connectivity index (χ4v) is 4.26. The molecule has 0 spiro atoms. The summed E-state index contributed by atoms with van der Waals surface area (Å²) in [6, 6.07) is 12.6. The molecule has 2 aromatic carbocycles. The predicted octanol–water partition coefficient (Wildman–Crippen LogP) is 4.10. The van der Waals surface area contributed by atoms with Crippen LogP contribution in [0, 0.1) is 5.82 Å². The monoisotopic (exact) mass is 367 g/mol. The maximum atomic E-state index is 13.8. The summed E-state index contributed by atoms with van der Waals surface area (Å²) in [6.45, 7) is 1.91. The lowest BCUT2D eigenvalue weighted by atomic mass is 9.85. The van der Waals surface area contributed by atoms with Gasteiger partial charge in [-0.2, -0.15) is 0 Å². The van der Waals surface area contributed by atoms with E-state index in [9.17, 15) is 9.18 Å². The lowest BCUT2D eigenvalue weighted by Gasteiger charge is -2.34. The van der Waals surface area contributed by atoms with E-state index in [0.29, 0.717) is 0 Å². The van der Waals surface area contributed by atoms with Crippen molar-refractivity contribution < 1.29 is 9.18 Å². The Bertz CT molecular complexity index is 1060. The molecule has 132 valence electrons. The number of thiophene rings is 1. The minimum atomic E-state index is -0.744. The number of aliphatic imine (C=N–C) groups is 1. The Balaban J connectivity index is 1.94. The quantitative estimate of drug-likeness (QED) is 0.741. The van der Waals surface area contributed by atoms with E-state index in [0.717, 1.165) is 26.8 Å². The largest absolute Gasteiger partial charge is 0.369 e. The number of carbonyl (C=O) groups is 1. The van der Waals surface area contributed by atoms with Gasteiger partial charge in [-0.1, -0.05) is 12.1 Å². The van der Waals surface area contributed by atoms with Gasteiger partial charge in [0.15, 0.2) is 5.96 Å². The third-order valence-corrected chi connectivity index (χ3v) is 5.85. The van der Waals surface area contributed by atoms with Gasteiger partial charge in [0.1, 0.15) is 5.82 Å². The summed E-state index contributed by atoms with van der Waals surface area (Å²) in [4.78, 5) is 18.3. The number of hydrogen-bond donors (Lipinski definition) is 1. The van der Waals surface area contributed by atoms with Crippen LogP contribution in [0.1, 0.15) is 18.9 Å². The summed E-state index contributed by atoms with van der Waals surface area (Å²) in [5.74, 6) is -0.139. The molecule has 0 radical (unpaired) electrons.